The first-order chi connectivity index (χ1) is 10.6. The molecule has 0 radical (unpaired) electrons. The lowest BCUT2D eigenvalue weighted by molar-refractivity contribution is -0.143. The van der Waals surface area contributed by atoms with Crippen molar-refractivity contribution in [2.24, 2.45) is 0 Å². The summed E-state index contributed by atoms with van der Waals surface area (Å²) in [6.07, 6.45) is 3.94. The van der Waals surface area contributed by atoms with E-state index < -0.39 is 12.0 Å². The number of carbonyl (C=O) groups is 2. The normalized spacial score (nSPS) is 18.4. The van der Waals surface area contributed by atoms with Crippen LogP contribution in [0.25, 0.3) is 11.3 Å². The summed E-state index contributed by atoms with van der Waals surface area (Å²) in [5, 5.41) is 12.2. The van der Waals surface area contributed by atoms with Gasteiger partial charge in [0, 0.05) is 23.7 Å². The Kier molecular flexibility index (Phi) is 3.98. The standard InChI is InChI=1S/C15H17N3O3S/c1-9-17-12(8-22-9)10-6-11(16-7-10)14(19)18-5-3-2-4-13(18)15(20)21/h6-8,13,16H,2-5H2,1H3,(H,20,21). The molecule has 1 aliphatic rings. The zero-order valence-corrected chi connectivity index (χ0v) is 13.0. The summed E-state index contributed by atoms with van der Waals surface area (Å²) in [5.41, 5.74) is 2.08. The van der Waals surface area contributed by atoms with Crippen LogP contribution in [-0.4, -0.2) is 44.4 Å². The Labute approximate surface area is 131 Å². The number of rotatable bonds is 3. The van der Waals surface area contributed by atoms with Gasteiger partial charge in [0.2, 0.25) is 0 Å². The lowest BCUT2D eigenvalue weighted by atomic mass is 10.0. The van der Waals surface area contributed by atoms with Crippen molar-refractivity contribution in [1.82, 2.24) is 14.9 Å². The lowest BCUT2D eigenvalue weighted by Gasteiger charge is -2.32. The number of hydrogen-bond acceptors (Lipinski definition) is 4. The molecule has 116 valence electrons. The van der Waals surface area contributed by atoms with Crippen molar-refractivity contribution in [1.29, 1.82) is 0 Å². The molecule has 1 amide bonds. The van der Waals surface area contributed by atoms with Gasteiger partial charge >= 0.3 is 5.97 Å². The highest BCUT2D eigenvalue weighted by Gasteiger charge is 2.33. The molecule has 1 unspecified atom stereocenters. The van der Waals surface area contributed by atoms with E-state index in [1.165, 1.54) is 4.90 Å². The van der Waals surface area contributed by atoms with Crippen molar-refractivity contribution >= 4 is 23.2 Å². The Morgan fingerprint density at radius 1 is 1.45 bits per heavy atom. The minimum absolute atomic E-state index is 0.259. The summed E-state index contributed by atoms with van der Waals surface area (Å²) < 4.78 is 0. The number of aryl methyl sites for hydroxylation is 1. The van der Waals surface area contributed by atoms with E-state index in [1.54, 1.807) is 23.6 Å². The van der Waals surface area contributed by atoms with Crippen LogP contribution in [0.15, 0.2) is 17.6 Å². The largest absolute Gasteiger partial charge is 0.480 e. The summed E-state index contributed by atoms with van der Waals surface area (Å²) in [7, 11) is 0. The van der Waals surface area contributed by atoms with Crippen LogP contribution in [0.3, 0.4) is 0 Å². The molecule has 1 fully saturated rings. The van der Waals surface area contributed by atoms with Gasteiger partial charge in [-0.15, -0.1) is 11.3 Å². The van der Waals surface area contributed by atoms with E-state index in [9.17, 15) is 14.7 Å². The molecule has 7 heteroatoms. The number of likely N-dealkylation sites (tertiary alicyclic amines) is 1. The van der Waals surface area contributed by atoms with Crippen molar-refractivity contribution in [3.05, 3.63) is 28.3 Å². The second-order valence-electron chi connectivity index (χ2n) is 5.40. The molecule has 3 heterocycles. The molecule has 1 aliphatic heterocycles. The fraction of sp³-hybridized carbons (Fsp3) is 0.400. The monoisotopic (exact) mass is 319 g/mol. The van der Waals surface area contributed by atoms with E-state index in [2.05, 4.69) is 9.97 Å². The van der Waals surface area contributed by atoms with E-state index >= 15 is 0 Å². The molecule has 22 heavy (non-hydrogen) atoms. The second-order valence-corrected chi connectivity index (χ2v) is 6.46. The first kappa shape index (κ1) is 14.8. The van der Waals surface area contributed by atoms with Crippen LogP contribution in [0, 0.1) is 6.92 Å². The molecule has 2 aromatic heterocycles. The number of aromatic nitrogens is 2. The smallest absolute Gasteiger partial charge is 0.326 e. The van der Waals surface area contributed by atoms with Crippen molar-refractivity contribution < 1.29 is 14.7 Å². The van der Waals surface area contributed by atoms with E-state index in [0.717, 1.165) is 29.1 Å². The molecule has 3 rings (SSSR count). The van der Waals surface area contributed by atoms with Crippen molar-refractivity contribution in [3.63, 3.8) is 0 Å². The van der Waals surface area contributed by atoms with Gasteiger partial charge in [-0.05, 0) is 32.3 Å². The van der Waals surface area contributed by atoms with E-state index in [4.69, 9.17) is 0 Å². The average molecular weight is 319 g/mol. The topological polar surface area (TPSA) is 86.3 Å². The highest BCUT2D eigenvalue weighted by molar-refractivity contribution is 7.09. The Hall–Kier alpha value is -2.15. The third-order valence-electron chi connectivity index (χ3n) is 3.88. The molecule has 1 saturated heterocycles. The van der Waals surface area contributed by atoms with Crippen LogP contribution in [0.1, 0.15) is 34.8 Å². The number of carboxylic acid groups (broad SMARTS) is 1. The third kappa shape index (κ3) is 2.76. The summed E-state index contributed by atoms with van der Waals surface area (Å²) >= 11 is 1.55. The number of H-pyrrole nitrogens is 1. The fourth-order valence-corrected chi connectivity index (χ4v) is 3.37. The first-order valence-electron chi connectivity index (χ1n) is 7.21. The lowest BCUT2D eigenvalue weighted by Crippen LogP contribution is -2.48. The summed E-state index contributed by atoms with van der Waals surface area (Å²) in [4.78, 5) is 32.7. The third-order valence-corrected chi connectivity index (χ3v) is 4.65. The fourth-order valence-electron chi connectivity index (χ4n) is 2.75. The van der Waals surface area contributed by atoms with Crippen LogP contribution in [0.2, 0.25) is 0 Å². The zero-order chi connectivity index (χ0) is 15.7. The van der Waals surface area contributed by atoms with E-state index in [-0.39, 0.29) is 5.91 Å². The van der Waals surface area contributed by atoms with Crippen LogP contribution in [0.5, 0.6) is 0 Å². The number of hydrogen-bond donors (Lipinski definition) is 2. The van der Waals surface area contributed by atoms with E-state index in [0.29, 0.717) is 18.7 Å². The summed E-state index contributed by atoms with van der Waals surface area (Å²) in [6, 6.07) is 1.01. The van der Waals surface area contributed by atoms with Gasteiger partial charge in [0.05, 0.1) is 10.7 Å². The highest BCUT2D eigenvalue weighted by atomic mass is 32.1. The molecule has 0 spiro atoms. The van der Waals surface area contributed by atoms with Gasteiger partial charge in [0.1, 0.15) is 11.7 Å². The predicted octanol–water partition coefficient (Wildman–Crippen LogP) is 2.53. The highest BCUT2D eigenvalue weighted by Crippen LogP contribution is 2.24. The Balaban J connectivity index is 1.83. The molecule has 0 saturated carbocycles. The van der Waals surface area contributed by atoms with Crippen molar-refractivity contribution in [2.75, 3.05) is 6.54 Å². The minimum atomic E-state index is -0.935. The van der Waals surface area contributed by atoms with Crippen LogP contribution < -0.4 is 0 Å². The van der Waals surface area contributed by atoms with Crippen molar-refractivity contribution in [3.8, 4) is 11.3 Å². The second kappa shape index (κ2) is 5.92. The summed E-state index contributed by atoms with van der Waals surface area (Å²) in [5.74, 6) is -1.19. The molecule has 0 aromatic carbocycles. The molecular weight excluding hydrogens is 302 g/mol. The molecule has 2 aromatic rings. The molecule has 0 aliphatic carbocycles. The number of nitrogens with zero attached hydrogens (tertiary/aromatic N) is 2. The maximum Gasteiger partial charge on any atom is 0.326 e. The van der Waals surface area contributed by atoms with E-state index in [1.807, 2.05) is 12.3 Å². The number of piperidine rings is 1. The molecular formula is C15H17N3O3S. The molecule has 6 nitrogen and oxygen atoms in total. The SMILES string of the molecule is Cc1nc(-c2c[nH]c(C(=O)N3CCCCC3C(=O)O)c2)cs1. The number of carboxylic acids is 1. The number of aromatic amines is 1. The Bertz CT molecular complexity index is 706. The van der Waals surface area contributed by atoms with Crippen LogP contribution in [0.4, 0.5) is 0 Å². The van der Waals surface area contributed by atoms with Gasteiger partial charge in [-0.1, -0.05) is 0 Å². The zero-order valence-electron chi connectivity index (χ0n) is 12.2. The number of aliphatic carboxylic acids is 1. The Morgan fingerprint density at radius 2 is 2.27 bits per heavy atom. The van der Waals surface area contributed by atoms with Gasteiger partial charge in [0.15, 0.2) is 0 Å². The van der Waals surface area contributed by atoms with Gasteiger partial charge in [-0.2, -0.15) is 0 Å². The maximum absolute atomic E-state index is 12.6. The van der Waals surface area contributed by atoms with Gasteiger partial charge in [-0.3, -0.25) is 4.79 Å². The maximum atomic E-state index is 12.6. The van der Waals surface area contributed by atoms with Crippen molar-refractivity contribution in [2.45, 2.75) is 32.2 Å². The van der Waals surface area contributed by atoms with Gasteiger partial charge < -0.3 is 15.0 Å². The molecule has 2 N–H and O–H groups in total. The van der Waals surface area contributed by atoms with Crippen LogP contribution >= 0.6 is 11.3 Å². The number of carbonyl (C=O) groups excluding carboxylic acids is 1. The first-order valence-corrected chi connectivity index (χ1v) is 8.09. The predicted molar refractivity (Wildman–Crippen MR) is 82.9 cm³/mol. The van der Waals surface area contributed by atoms with Gasteiger partial charge in [-0.25, -0.2) is 9.78 Å². The quantitative estimate of drug-likeness (QED) is 0.910. The number of nitrogens with one attached hydrogen (secondary N) is 1. The van der Waals surface area contributed by atoms with Gasteiger partial charge in [0.25, 0.3) is 5.91 Å². The van der Waals surface area contributed by atoms with Crippen LogP contribution in [-0.2, 0) is 4.79 Å². The number of amides is 1. The minimum Gasteiger partial charge on any atom is -0.480 e. The Morgan fingerprint density at radius 3 is 2.95 bits per heavy atom. The summed E-state index contributed by atoms with van der Waals surface area (Å²) in [6.45, 7) is 2.41. The number of thiazole rings is 1. The molecule has 1 atom stereocenters. The molecule has 0 bridgehead atoms. The average Bonchev–Trinajstić information content (AvgIpc) is 3.15.